The predicted octanol–water partition coefficient (Wildman–Crippen LogP) is 8.77. The number of amides is 3. The Morgan fingerprint density at radius 2 is 1.57 bits per heavy atom. The van der Waals surface area contributed by atoms with E-state index >= 15 is 0 Å². The zero-order valence-electron chi connectivity index (χ0n) is 26.6. The molecule has 248 valence electrons. The molecular weight excluding hydrogens is 678 g/mol. The maximum atomic E-state index is 13.5. The van der Waals surface area contributed by atoms with Crippen molar-refractivity contribution in [3.63, 3.8) is 0 Å². The lowest BCUT2D eigenvalue weighted by Gasteiger charge is -2.14. The molecule has 5 aromatic rings. The van der Waals surface area contributed by atoms with Crippen LogP contribution in [0, 0.1) is 0 Å². The third-order valence-corrected chi connectivity index (χ3v) is 9.43. The number of carbonyl (C=O) groups is 4. The van der Waals surface area contributed by atoms with Crippen molar-refractivity contribution in [2.24, 2.45) is 0 Å². The summed E-state index contributed by atoms with van der Waals surface area (Å²) in [7, 11) is 0. The Morgan fingerprint density at radius 1 is 0.878 bits per heavy atom. The standard InChI is InChI=1S/C38H32ClN3O5S2/c1-3-47-38(46)33-30(25-13-6-4-7-14-25)23-48-37(33)42-34(43)24(2)49-29-19-12-18-28(22-29)40-36(45)32(21-27-17-10-11-20-31(27)39)41-35(44)26-15-8-5-9-16-26/h4-24H,3H2,1-2H3,(H,40,45)(H,41,44)(H,42,43)/b32-21+. The summed E-state index contributed by atoms with van der Waals surface area (Å²) in [4.78, 5) is 53.5. The van der Waals surface area contributed by atoms with E-state index in [4.69, 9.17) is 16.3 Å². The van der Waals surface area contributed by atoms with Gasteiger partial charge < -0.3 is 20.7 Å². The Bertz CT molecular complexity index is 2000. The monoisotopic (exact) mass is 709 g/mol. The SMILES string of the molecule is CCOC(=O)c1c(-c2ccccc2)csc1NC(=O)C(C)Sc1cccc(NC(=O)/C(=C\c2ccccc2Cl)NC(=O)c2ccccc2)c1. The lowest BCUT2D eigenvalue weighted by Crippen LogP contribution is -2.30. The van der Waals surface area contributed by atoms with E-state index in [-0.39, 0.29) is 18.2 Å². The van der Waals surface area contributed by atoms with Crippen LogP contribution in [0.1, 0.15) is 40.1 Å². The van der Waals surface area contributed by atoms with E-state index in [1.54, 1.807) is 86.6 Å². The van der Waals surface area contributed by atoms with Crippen LogP contribution in [0.3, 0.4) is 0 Å². The van der Waals surface area contributed by atoms with Gasteiger partial charge in [0.15, 0.2) is 0 Å². The van der Waals surface area contributed by atoms with Crippen LogP contribution < -0.4 is 16.0 Å². The quantitative estimate of drug-likeness (QED) is 0.0678. The number of carbonyl (C=O) groups excluding carboxylic acids is 4. The van der Waals surface area contributed by atoms with Gasteiger partial charge >= 0.3 is 5.97 Å². The minimum atomic E-state index is -0.566. The molecule has 1 heterocycles. The maximum absolute atomic E-state index is 13.5. The summed E-state index contributed by atoms with van der Waals surface area (Å²) in [5.41, 5.74) is 3.24. The second-order valence-electron chi connectivity index (χ2n) is 10.6. The van der Waals surface area contributed by atoms with Crippen LogP contribution >= 0.6 is 34.7 Å². The van der Waals surface area contributed by atoms with Gasteiger partial charge in [0.1, 0.15) is 16.3 Å². The first-order chi connectivity index (χ1) is 23.7. The van der Waals surface area contributed by atoms with Crippen LogP contribution in [0.25, 0.3) is 17.2 Å². The summed E-state index contributed by atoms with van der Waals surface area (Å²) in [5.74, 6) is -1.83. The number of esters is 1. The zero-order valence-corrected chi connectivity index (χ0v) is 29.0. The van der Waals surface area contributed by atoms with Gasteiger partial charge in [0.05, 0.1) is 11.9 Å². The number of hydrogen-bond acceptors (Lipinski definition) is 7. The lowest BCUT2D eigenvalue weighted by atomic mass is 10.0. The molecule has 0 saturated carbocycles. The molecule has 8 nitrogen and oxygen atoms in total. The molecule has 0 aliphatic rings. The van der Waals surface area contributed by atoms with Gasteiger partial charge in [-0.05, 0) is 67.4 Å². The Labute approximate surface area is 297 Å². The summed E-state index contributed by atoms with van der Waals surface area (Å²) in [6.07, 6.45) is 1.52. The van der Waals surface area contributed by atoms with Crippen molar-refractivity contribution in [3.8, 4) is 11.1 Å². The average molecular weight is 710 g/mol. The van der Waals surface area contributed by atoms with Gasteiger partial charge in [-0.15, -0.1) is 23.1 Å². The highest BCUT2D eigenvalue weighted by molar-refractivity contribution is 8.00. The molecule has 0 aliphatic heterocycles. The van der Waals surface area contributed by atoms with Gasteiger partial charge in [0, 0.05) is 32.1 Å². The minimum Gasteiger partial charge on any atom is -0.462 e. The normalized spacial score (nSPS) is 11.7. The van der Waals surface area contributed by atoms with Crippen LogP contribution in [0.5, 0.6) is 0 Å². The first-order valence-electron chi connectivity index (χ1n) is 15.3. The second-order valence-corrected chi connectivity index (χ2v) is 13.3. The smallest absolute Gasteiger partial charge is 0.341 e. The molecule has 1 atom stereocenters. The number of thioether (sulfide) groups is 1. The van der Waals surface area contributed by atoms with Crippen molar-refractivity contribution < 1.29 is 23.9 Å². The van der Waals surface area contributed by atoms with Gasteiger partial charge in [-0.25, -0.2) is 4.79 Å². The van der Waals surface area contributed by atoms with Gasteiger partial charge in [-0.2, -0.15) is 0 Å². The summed E-state index contributed by atoms with van der Waals surface area (Å²) in [6, 6.07) is 32.0. The van der Waals surface area contributed by atoms with Crippen LogP contribution in [0.4, 0.5) is 10.7 Å². The van der Waals surface area contributed by atoms with E-state index in [1.165, 1.54) is 29.2 Å². The number of hydrogen-bond donors (Lipinski definition) is 3. The molecule has 49 heavy (non-hydrogen) atoms. The number of rotatable bonds is 12. The molecule has 4 aromatic carbocycles. The van der Waals surface area contributed by atoms with E-state index in [0.717, 1.165) is 5.56 Å². The first-order valence-corrected chi connectivity index (χ1v) is 17.4. The first kappa shape index (κ1) is 35.2. The molecule has 0 radical (unpaired) electrons. The Kier molecular flexibility index (Phi) is 12.0. The number of thiophene rings is 1. The van der Waals surface area contributed by atoms with Crippen molar-refractivity contribution in [3.05, 3.63) is 142 Å². The number of anilines is 2. The third-order valence-electron chi connectivity index (χ3n) is 7.10. The molecule has 1 unspecified atom stereocenters. The highest BCUT2D eigenvalue weighted by Crippen LogP contribution is 2.37. The number of benzene rings is 4. The third kappa shape index (κ3) is 9.26. The predicted molar refractivity (Wildman–Crippen MR) is 198 cm³/mol. The van der Waals surface area contributed by atoms with Crippen molar-refractivity contribution in [1.82, 2.24) is 5.32 Å². The van der Waals surface area contributed by atoms with E-state index in [2.05, 4.69) is 16.0 Å². The highest BCUT2D eigenvalue weighted by Gasteiger charge is 2.25. The Morgan fingerprint density at radius 3 is 2.29 bits per heavy atom. The molecule has 0 fully saturated rings. The Hall–Kier alpha value is -5.16. The van der Waals surface area contributed by atoms with Gasteiger partial charge in [-0.3, -0.25) is 14.4 Å². The number of halogens is 1. The molecule has 11 heteroatoms. The molecule has 5 rings (SSSR count). The molecular formula is C38H32ClN3O5S2. The van der Waals surface area contributed by atoms with Gasteiger partial charge in [-0.1, -0.05) is 84.4 Å². The molecule has 1 aromatic heterocycles. The van der Waals surface area contributed by atoms with Gasteiger partial charge in [0.2, 0.25) is 5.91 Å². The van der Waals surface area contributed by atoms with E-state index < -0.39 is 23.0 Å². The zero-order chi connectivity index (χ0) is 34.8. The van der Waals surface area contributed by atoms with Crippen LogP contribution in [-0.2, 0) is 14.3 Å². The van der Waals surface area contributed by atoms with Crippen LogP contribution in [-0.4, -0.2) is 35.5 Å². The maximum Gasteiger partial charge on any atom is 0.341 e. The Balaban J connectivity index is 1.30. The van der Waals surface area contributed by atoms with Gasteiger partial charge in [0.25, 0.3) is 11.8 Å². The van der Waals surface area contributed by atoms with Crippen molar-refractivity contribution in [2.75, 3.05) is 17.2 Å². The fourth-order valence-electron chi connectivity index (χ4n) is 4.69. The number of ether oxygens (including phenoxy) is 1. The summed E-state index contributed by atoms with van der Waals surface area (Å²) >= 11 is 8.90. The highest BCUT2D eigenvalue weighted by atomic mass is 35.5. The second kappa shape index (κ2) is 16.8. The summed E-state index contributed by atoms with van der Waals surface area (Å²) < 4.78 is 5.31. The largest absolute Gasteiger partial charge is 0.462 e. The number of nitrogens with one attached hydrogen (secondary N) is 3. The fourth-order valence-corrected chi connectivity index (χ4v) is 6.77. The fraction of sp³-hybridized carbons (Fsp3) is 0.105. The van der Waals surface area contributed by atoms with Crippen molar-refractivity contribution in [2.45, 2.75) is 24.0 Å². The average Bonchev–Trinajstić information content (AvgIpc) is 3.53. The van der Waals surface area contributed by atoms with E-state index in [0.29, 0.717) is 42.9 Å². The van der Waals surface area contributed by atoms with Crippen LogP contribution in [0.15, 0.2) is 125 Å². The van der Waals surface area contributed by atoms with Crippen molar-refractivity contribution in [1.29, 1.82) is 0 Å². The van der Waals surface area contributed by atoms with E-state index in [9.17, 15) is 19.2 Å². The van der Waals surface area contributed by atoms with Crippen LogP contribution in [0.2, 0.25) is 5.02 Å². The topological polar surface area (TPSA) is 114 Å². The molecule has 3 amide bonds. The van der Waals surface area contributed by atoms with E-state index in [1.807, 2.05) is 41.8 Å². The van der Waals surface area contributed by atoms with Crippen molar-refractivity contribution >= 4 is 75.2 Å². The lowest BCUT2D eigenvalue weighted by molar-refractivity contribution is -0.115. The summed E-state index contributed by atoms with van der Waals surface area (Å²) in [5, 5.41) is 10.6. The molecule has 0 spiro atoms. The molecule has 0 saturated heterocycles. The molecule has 3 N–H and O–H groups in total. The summed E-state index contributed by atoms with van der Waals surface area (Å²) in [6.45, 7) is 3.69. The molecule has 0 aliphatic carbocycles. The molecule has 0 bridgehead atoms. The minimum absolute atomic E-state index is 0.00372.